The van der Waals surface area contributed by atoms with Crippen molar-refractivity contribution in [2.75, 3.05) is 13.1 Å². The first-order valence-electron chi connectivity index (χ1n) is 12.1. The number of aromatic nitrogens is 3. The van der Waals surface area contributed by atoms with E-state index in [9.17, 15) is 31.1 Å². The molecule has 39 heavy (non-hydrogen) atoms. The van der Waals surface area contributed by atoms with E-state index in [4.69, 9.17) is 4.84 Å². The van der Waals surface area contributed by atoms with Crippen LogP contribution in [0.3, 0.4) is 0 Å². The van der Waals surface area contributed by atoms with E-state index in [1.807, 2.05) is 0 Å². The van der Waals surface area contributed by atoms with Gasteiger partial charge < -0.3 is 9.74 Å². The molecule has 1 fully saturated rings. The molecule has 1 saturated heterocycles. The summed E-state index contributed by atoms with van der Waals surface area (Å²) >= 11 is 1.41. The standard InChI is InChI=1S/C25H22F6N5O2S/c1-14-10-21(25(29,30)31)33-36(14)12-22(37)35-8-6-15(7-9-35)23-32-19(13-39-23)18-11-20(38-34-18)16-4-2-3-5-17(16)24(26,27)28/h2-3,5,10,13,15,20H,6-9,11-12H2,1H3. The van der Waals surface area contributed by atoms with Crippen molar-refractivity contribution in [1.82, 2.24) is 19.7 Å². The third kappa shape index (κ3) is 5.80. The molecule has 1 radical (unpaired) electrons. The van der Waals surface area contributed by atoms with E-state index in [2.05, 4.69) is 21.3 Å². The summed E-state index contributed by atoms with van der Waals surface area (Å²) in [5, 5.41) is 10.1. The number of nitrogens with zero attached hydrogens (tertiary/aromatic N) is 5. The van der Waals surface area contributed by atoms with Crippen LogP contribution < -0.4 is 0 Å². The van der Waals surface area contributed by atoms with Crippen LogP contribution in [0.15, 0.2) is 34.8 Å². The first-order chi connectivity index (χ1) is 18.4. The van der Waals surface area contributed by atoms with E-state index < -0.39 is 29.7 Å². The van der Waals surface area contributed by atoms with E-state index >= 15 is 0 Å². The maximum absolute atomic E-state index is 13.4. The molecule has 1 unspecified atom stereocenters. The Morgan fingerprint density at radius 1 is 1.18 bits per heavy atom. The number of hydrogen-bond donors (Lipinski definition) is 0. The van der Waals surface area contributed by atoms with E-state index in [1.54, 1.807) is 10.3 Å². The summed E-state index contributed by atoms with van der Waals surface area (Å²) in [4.78, 5) is 24.3. The largest absolute Gasteiger partial charge is 0.435 e. The first kappa shape index (κ1) is 27.2. The van der Waals surface area contributed by atoms with Gasteiger partial charge in [0.2, 0.25) is 5.91 Å². The summed E-state index contributed by atoms with van der Waals surface area (Å²) in [6, 6.07) is 7.21. The highest BCUT2D eigenvalue weighted by Crippen LogP contribution is 2.39. The minimum Gasteiger partial charge on any atom is -0.387 e. The van der Waals surface area contributed by atoms with Crippen LogP contribution >= 0.6 is 11.3 Å². The normalized spacial score (nSPS) is 18.8. The summed E-state index contributed by atoms with van der Waals surface area (Å²) in [6.07, 6.45) is -8.67. The van der Waals surface area contributed by atoms with Gasteiger partial charge in [0.25, 0.3) is 0 Å². The summed E-state index contributed by atoms with van der Waals surface area (Å²) < 4.78 is 79.9. The topological polar surface area (TPSA) is 72.6 Å². The predicted molar refractivity (Wildman–Crippen MR) is 128 cm³/mol. The minimum absolute atomic E-state index is 0.0640. The highest BCUT2D eigenvalue weighted by atomic mass is 32.1. The number of likely N-dealkylation sites (tertiary alicyclic amines) is 1. The minimum atomic E-state index is -4.58. The predicted octanol–water partition coefficient (Wildman–Crippen LogP) is 5.76. The van der Waals surface area contributed by atoms with Crippen LogP contribution in [0, 0.1) is 13.0 Å². The van der Waals surface area contributed by atoms with Crippen molar-refractivity contribution in [2.24, 2.45) is 5.16 Å². The fraction of sp³-hybridized carbons (Fsp3) is 0.440. The molecule has 2 aliphatic heterocycles. The molecule has 2 aromatic heterocycles. The number of carbonyl (C=O) groups is 1. The molecule has 14 heteroatoms. The zero-order valence-electron chi connectivity index (χ0n) is 20.5. The second kappa shape index (κ2) is 10.3. The number of aryl methyl sites for hydroxylation is 1. The van der Waals surface area contributed by atoms with Crippen LogP contribution in [0.2, 0.25) is 0 Å². The molecule has 7 nitrogen and oxygen atoms in total. The molecular weight excluding hydrogens is 548 g/mol. The molecule has 2 aliphatic rings. The van der Waals surface area contributed by atoms with Crippen molar-refractivity contribution in [3.05, 3.63) is 68.9 Å². The van der Waals surface area contributed by atoms with Crippen LogP contribution in [0.5, 0.6) is 0 Å². The van der Waals surface area contributed by atoms with Gasteiger partial charge in [0.05, 0.1) is 16.3 Å². The average molecular weight is 571 g/mol. The summed E-state index contributed by atoms with van der Waals surface area (Å²) in [5.41, 5.74) is -0.700. The van der Waals surface area contributed by atoms with E-state index in [1.165, 1.54) is 30.4 Å². The number of benzene rings is 1. The molecule has 1 aromatic carbocycles. The van der Waals surface area contributed by atoms with Gasteiger partial charge in [0.1, 0.15) is 12.3 Å². The SMILES string of the molecule is Cc1cc(C(F)(F)F)nn1CC(=O)N1CCC(c2nc(C3=NOC(c4[c]cccc4C(F)(F)F)C3)cs2)CC1. The maximum Gasteiger partial charge on any atom is 0.435 e. The number of halogens is 6. The molecule has 3 aromatic rings. The van der Waals surface area contributed by atoms with Gasteiger partial charge in [0, 0.05) is 42.1 Å². The van der Waals surface area contributed by atoms with Gasteiger partial charge in [-0.05, 0) is 38.0 Å². The van der Waals surface area contributed by atoms with Crippen LogP contribution in [0.1, 0.15) is 64.5 Å². The smallest absolute Gasteiger partial charge is 0.387 e. The molecular formula is C25H22F6N5O2S. The Kier molecular flexibility index (Phi) is 7.16. The molecule has 1 amide bonds. The number of alkyl halides is 6. The lowest BCUT2D eigenvalue weighted by Gasteiger charge is -2.31. The second-order valence-corrected chi connectivity index (χ2v) is 10.3. The molecule has 1 atom stereocenters. The zero-order valence-corrected chi connectivity index (χ0v) is 21.3. The third-order valence-electron chi connectivity index (χ3n) is 6.76. The number of amides is 1. The van der Waals surface area contributed by atoms with Crippen LogP contribution in [0.25, 0.3) is 0 Å². The Labute approximate surface area is 223 Å². The lowest BCUT2D eigenvalue weighted by Crippen LogP contribution is -2.40. The first-order valence-corrected chi connectivity index (χ1v) is 12.9. The quantitative estimate of drug-likeness (QED) is 0.366. The summed E-state index contributed by atoms with van der Waals surface area (Å²) in [5.74, 6) is -0.248. The van der Waals surface area contributed by atoms with Gasteiger partial charge in [0.15, 0.2) is 11.8 Å². The monoisotopic (exact) mass is 570 g/mol. The highest BCUT2D eigenvalue weighted by Gasteiger charge is 2.38. The number of oxime groups is 1. The van der Waals surface area contributed by atoms with Gasteiger partial charge in [-0.25, -0.2) is 4.98 Å². The molecule has 0 saturated carbocycles. The number of carbonyl (C=O) groups excluding carboxylic acids is 1. The molecule has 5 rings (SSSR count). The summed E-state index contributed by atoms with van der Waals surface area (Å²) in [6.45, 7) is 2.03. The fourth-order valence-corrected chi connectivity index (χ4v) is 5.67. The number of piperidine rings is 1. The molecule has 0 aliphatic carbocycles. The number of thiazole rings is 1. The molecule has 0 spiro atoms. The number of hydrogen-bond acceptors (Lipinski definition) is 6. The van der Waals surface area contributed by atoms with Gasteiger partial charge in [-0.15, -0.1) is 11.3 Å². The van der Waals surface area contributed by atoms with Crippen molar-refractivity contribution in [3.8, 4) is 0 Å². The highest BCUT2D eigenvalue weighted by molar-refractivity contribution is 7.10. The van der Waals surface area contributed by atoms with Gasteiger partial charge in [-0.1, -0.05) is 17.3 Å². The van der Waals surface area contributed by atoms with E-state index in [0.717, 1.165) is 21.8 Å². The molecule has 0 bridgehead atoms. The Balaban J connectivity index is 1.17. The lowest BCUT2D eigenvalue weighted by atomic mass is 9.97. The zero-order chi connectivity index (χ0) is 27.9. The van der Waals surface area contributed by atoms with Crippen molar-refractivity contribution < 1.29 is 36.0 Å². The van der Waals surface area contributed by atoms with Crippen LogP contribution in [-0.4, -0.2) is 44.4 Å². The fourth-order valence-electron chi connectivity index (χ4n) is 4.67. The number of rotatable bonds is 5. The molecule has 4 heterocycles. The van der Waals surface area contributed by atoms with E-state index in [-0.39, 0.29) is 36.0 Å². The summed E-state index contributed by atoms with van der Waals surface area (Å²) in [7, 11) is 0. The average Bonchev–Trinajstić information content (AvgIpc) is 3.64. The van der Waals surface area contributed by atoms with Gasteiger partial charge >= 0.3 is 12.4 Å². The molecule has 0 N–H and O–H groups in total. The van der Waals surface area contributed by atoms with Gasteiger partial charge in [-0.3, -0.25) is 9.48 Å². The second-order valence-electron chi connectivity index (χ2n) is 9.38. The van der Waals surface area contributed by atoms with E-state index in [0.29, 0.717) is 37.3 Å². The third-order valence-corrected chi connectivity index (χ3v) is 7.76. The Morgan fingerprint density at radius 3 is 2.59 bits per heavy atom. The Morgan fingerprint density at radius 2 is 1.92 bits per heavy atom. The van der Waals surface area contributed by atoms with Crippen LogP contribution in [0.4, 0.5) is 26.3 Å². The van der Waals surface area contributed by atoms with Crippen molar-refractivity contribution in [3.63, 3.8) is 0 Å². The maximum atomic E-state index is 13.4. The lowest BCUT2D eigenvalue weighted by molar-refractivity contribution is -0.142. The molecule has 207 valence electrons. The Bertz CT molecular complexity index is 1390. The van der Waals surface area contributed by atoms with Crippen molar-refractivity contribution in [1.29, 1.82) is 0 Å². The van der Waals surface area contributed by atoms with Crippen molar-refractivity contribution in [2.45, 2.75) is 57.1 Å². The van der Waals surface area contributed by atoms with Crippen molar-refractivity contribution >= 4 is 23.0 Å². The van der Waals surface area contributed by atoms with Gasteiger partial charge in [-0.2, -0.15) is 31.4 Å². The Hall–Kier alpha value is -3.42. The van der Waals surface area contributed by atoms with Crippen LogP contribution in [-0.2, 0) is 28.5 Å².